The van der Waals surface area contributed by atoms with Crippen molar-refractivity contribution in [2.24, 2.45) is 5.41 Å². The van der Waals surface area contributed by atoms with Crippen molar-refractivity contribution >= 4 is 28.9 Å². The van der Waals surface area contributed by atoms with Crippen LogP contribution >= 0.6 is 23.2 Å². The van der Waals surface area contributed by atoms with Crippen molar-refractivity contribution in [3.63, 3.8) is 0 Å². The molecule has 0 radical (unpaired) electrons. The summed E-state index contributed by atoms with van der Waals surface area (Å²) in [6, 6.07) is 7.85. The highest BCUT2D eigenvalue weighted by molar-refractivity contribution is 6.43. The maximum absolute atomic E-state index is 9.09. The van der Waals surface area contributed by atoms with Crippen LogP contribution in [0.1, 0.15) is 19.3 Å². The Morgan fingerprint density at radius 2 is 2.12 bits per heavy atom. The normalized spacial score (nSPS) is 17.3. The van der Waals surface area contributed by atoms with Gasteiger partial charge in [-0.3, -0.25) is 0 Å². The molecule has 1 aliphatic carbocycles. The number of hydrogen-bond donors (Lipinski definition) is 1. The number of nitriles is 1. The Kier molecular flexibility index (Phi) is 3.28. The highest BCUT2D eigenvalue weighted by Crippen LogP contribution is 2.41. The monoisotopic (exact) mass is 254 g/mol. The van der Waals surface area contributed by atoms with E-state index < -0.39 is 0 Å². The van der Waals surface area contributed by atoms with Crippen molar-refractivity contribution in [2.45, 2.75) is 19.3 Å². The van der Waals surface area contributed by atoms with E-state index in [1.54, 1.807) is 6.07 Å². The molecule has 0 unspecified atom stereocenters. The van der Waals surface area contributed by atoms with Gasteiger partial charge in [-0.1, -0.05) is 35.7 Å². The van der Waals surface area contributed by atoms with Crippen molar-refractivity contribution in [3.05, 3.63) is 28.2 Å². The van der Waals surface area contributed by atoms with Gasteiger partial charge < -0.3 is 5.32 Å². The Labute approximate surface area is 105 Å². The molecule has 0 bridgehead atoms. The summed E-state index contributed by atoms with van der Waals surface area (Å²) in [4.78, 5) is 0. The summed E-state index contributed by atoms with van der Waals surface area (Å²) in [5.74, 6) is 0. The standard InChI is InChI=1S/C12H12Cl2N2/c13-9-3-1-4-10(11(9)14)16-8-12(7-15)5-2-6-12/h1,3-4,16H,2,5-6,8H2. The largest absolute Gasteiger partial charge is 0.382 e. The molecule has 1 aromatic rings. The summed E-state index contributed by atoms with van der Waals surface area (Å²) in [5, 5.41) is 13.4. The molecule has 16 heavy (non-hydrogen) atoms. The predicted molar refractivity (Wildman–Crippen MR) is 66.8 cm³/mol. The van der Waals surface area contributed by atoms with Gasteiger partial charge in [0.25, 0.3) is 0 Å². The lowest BCUT2D eigenvalue weighted by Gasteiger charge is -2.35. The molecule has 2 rings (SSSR count). The number of nitrogens with one attached hydrogen (secondary N) is 1. The van der Waals surface area contributed by atoms with Gasteiger partial charge in [0.05, 0.1) is 27.2 Å². The van der Waals surface area contributed by atoms with Crippen LogP contribution in [0.5, 0.6) is 0 Å². The van der Waals surface area contributed by atoms with Gasteiger partial charge in [0.15, 0.2) is 0 Å². The van der Waals surface area contributed by atoms with E-state index in [1.807, 2.05) is 12.1 Å². The van der Waals surface area contributed by atoms with Crippen LogP contribution in [0.25, 0.3) is 0 Å². The van der Waals surface area contributed by atoms with Crippen molar-refractivity contribution in [3.8, 4) is 6.07 Å². The molecule has 1 N–H and O–H groups in total. The first-order chi connectivity index (χ1) is 7.67. The van der Waals surface area contributed by atoms with Gasteiger partial charge in [-0.15, -0.1) is 0 Å². The summed E-state index contributed by atoms with van der Waals surface area (Å²) in [5.41, 5.74) is 0.599. The zero-order chi connectivity index (χ0) is 11.6. The molecular weight excluding hydrogens is 243 g/mol. The van der Waals surface area contributed by atoms with Gasteiger partial charge in [-0.25, -0.2) is 0 Å². The Morgan fingerprint density at radius 3 is 2.69 bits per heavy atom. The molecule has 1 aliphatic rings. The van der Waals surface area contributed by atoms with Crippen LogP contribution in [-0.4, -0.2) is 6.54 Å². The summed E-state index contributed by atoms with van der Waals surface area (Å²) >= 11 is 12.0. The first-order valence-corrected chi connectivity index (χ1v) is 6.02. The zero-order valence-electron chi connectivity index (χ0n) is 8.76. The minimum Gasteiger partial charge on any atom is -0.382 e. The van der Waals surface area contributed by atoms with E-state index in [-0.39, 0.29) is 5.41 Å². The molecule has 0 atom stereocenters. The van der Waals surface area contributed by atoms with Gasteiger partial charge in [-0.05, 0) is 25.0 Å². The third kappa shape index (κ3) is 2.11. The molecule has 0 aliphatic heterocycles. The van der Waals surface area contributed by atoms with E-state index in [4.69, 9.17) is 28.5 Å². The van der Waals surface area contributed by atoms with Gasteiger partial charge in [0.1, 0.15) is 0 Å². The second kappa shape index (κ2) is 4.53. The fourth-order valence-electron chi connectivity index (χ4n) is 1.84. The molecule has 1 fully saturated rings. The average Bonchev–Trinajstić information content (AvgIpc) is 2.23. The van der Waals surface area contributed by atoms with Crippen LogP contribution in [0.3, 0.4) is 0 Å². The van der Waals surface area contributed by atoms with Crippen LogP contribution in [-0.2, 0) is 0 Å². The Hall–Kier alpha value is -0.910. The lowest BCUT2D eigenvalue weighted by atomic mass is 9.70. The summed E-state index contributed by atoms with van der Waals surface area (Å²) in [6.45, 7) is 0.642. The Balaban J connectivity index is 2.05. The number of hydrogen-bond acceptors (Lipinski definition) is 2. The first-order valence-electron chi connectivity index (χ1n) is 5.26. The maximum atomic E-state index is 9.09. The van der Waals surface area contributed by atoms with Gasteiger partial charge in [0, 0.05) is 6.54 Å². The van der Waals surface area contributed by atoms with Gasteiger partial charge >= 0.3 is 0 Å². The summed E-state index contributed by atoms with van der Waals surface area (Å²) in [7, 11) is 0. The molecule has 1 aromatic carbocycles. The zero-order valence-corrected chi connectivity index (χ0v) is 10.3. The molecule has 0 spiro atoms. The number of benzene rings is 1. The third-order valence-electron chi connectivity index (χ3n) is 3.12. The quantitative estimate of drug-likeness (QED) is 0.882. The number of anilines is 1. The predicted octanol–water partition coefficient (Wildman–Crippen LogP) is 4.10. The number of halogens is 2. The van der Waals surface area contributed by atoms with E-state index in [1.165, 1.54) is 0 Å². The minimum atomic E-state index is -0.203. The molecule has 4 heteroatoms. The van der Waals surface area contributed by atoms with Crippen LogP contribution in [0, 0.1) is 16.7 Å². The molecule has 0 heterocycles. The third-order valence-corrected chi connectivity index (χ3v) is 3.94. The smallest absolute Gasteiger partial charge is 0.0823 e. The van der Waals surface area contributed by atoms with Crippen LogP contribution in [0.2, 0.25) is 10.0 Å². The van der Waals surface area contributed by atoms with Crippen molar-refractivity contribution in [1.82, 2.24) is 0 Å². The average molecular weight is 255 g/mol. The molecule has 0 saturated heterocycles. The lowest BCUT2D eigenvalue weighted by molar-refractivity contribution is 0.233. The fourth-order valence-corrected chi connectivity index (χ4v) is 2.20. The van der Waals surface area contributed by atoms with Crippen LogP contribution < -0.4 is 5.32 Å². The van der Waals surface area contributed by atoms with E-state index in [0.29, 0.717) is 16.6 Å². The van der Waals surface area contributed by atoms with Crippen molar-refractivity contribution < 1.29 is 0 Å². The van der Waals surface area contributed by atoms with E-state index in [9.17, 15) is 0 Å². The minimum absolute atomic E-state index is 0.203. The lowest BCUT2D eigenvalue weighted by Crippen LogP contribution is -2.35. The number of nitrogens with zero attached hydrogens (tertiary/aromatic N) is 1. The number of rotatable bonds is 3. The van der Waals surface area contributed by atoms with E-state index in [2.05, 4.69) is 11.4 Å². The molecule has 0 aromatic heterocycles. The van der Waals surface area contributed by atoms with Crippen LogP contribution in [0.4, 0.5) is 5.69 Å². The maximum Gasteiger partial charge on any atom is 0.0823 e. The van der Waals surface area contributed by atoms with Crippen molar-refractivity contribution in [2.75, 3.05) is 11.9 Å². The molecular formula is C12H12Cl2N2. The molecule has 1 saturated carbocycles. The second-order valence-corrected chi connectivity index (χ2v) is 4.99. The highest BCUT2D eigenvalue weighted by Gasteiger charge is 2.36. The highest BCUT2D eigenvalue weighted by atomic mass is 35.5. The van der Waals surface area contributed by atoms with E-state index >= 15 is 0 Å². The topological polar surface area (TPSA) is 35.8 Å². The SMILES string of the molecule is N#CC1(CNc2cccc(Cl)c2Cl)CCC1. The van der Waals surface area contributed by atoms with Gasteiger partial charge in [-0.2, -0.15) is 5.26 Å². The Morgan fingerprint density at radius 1 is 1.38 bits per heavy atom. The molecule has 0 amide bonds. The second-order valence-electron chi connectivity index (χ2n) is 4.20. The molecule has 84 valence electrons. The summed E-state index contributed by atoms with van der Waals surface area (Å²) in [6.07, 6.45) is 3.07. The first kappa shape index (κ1) is 11.6. The van der Waals surface area contributed by atoms with Gasteiger partial charge in [0.2, 0.25) is 0 Å². The molecule has 2 nitrogen and oxygen atoms in total. The van der Waals surface area contributed by atoms with Crippen LogP contribution in [0.15, 0.2) is 18.2 Å². The summed E-state index contributed by atoms with van der Waals surface area (Å²) < 4.78 is 0. The van der Waals surface area contributed by atoms with Crippen molar-refractivity contribution in [1.29, 1.82) is 5.26 Å². The Bertz CT molecular complexity index is 433. The fraction of sp³-hybridized carbons (Fsp3) is 0.417. The van der Waals surface area contributed by atoms with E-state index in [0.717, 1.165) is 24.9 Å².